The van der Waals surface area contributed by atoms with E-state index in [4.69, 9.17) is 4.74 Å². The molecule has 3 nitrogen and oxygen atoms in total. The fourth-order valence-electron chi connectivity index (χ4n) is 4.74. The Hall–Kier alpha value is -2.42. The van der Waals surface area contributed by atoms with E-state index in [1.807, 2.05) is 24.3 Å². The van der Waals surface area contributed by atoms with Gasteiger partial charge in [-0.05, 0) is 54.0 Å². The molecule has 0 aromatic heterocycles. The van der Waals surface area contributed by atoms with Crippen molar-refractivity contribution in [2.24, 2.45) is 11.8 Å². The molecule has 0 amide bonds. The molecule has 1 fully saturated rings. The number of carbonyl (C=O) groups excluding carboxylic acids is 2. The van der Waals surface area contributed by atoms with E-state index in [0.717, 1.165) is 54.7 Å². The number of rotatable bonds is 13. The lowest BCUT2D eigenvalue weighted by Crippen LogP contribution is -2.31. The summed E-state index contributed by atoms with van der Waals surface area (Å²) in [6, 6.07) is 16.4. The van der Waals surface area contributed by atoms with Crippen LogP contribution in [0.25, 0.3) is 11.1 Å². The highest BCUT2D eigenvalue weighted by Gasteiger charge is 2.32. The third kappa shape index (κ3) is 7.84. The summed E-state index contributed by atoms with van der Waals surface area (Å²) >= 11 is 0. The number of ether oxygens (including phenoxy) is 1. The van der Waals surface area contributed by atoms with Crippen molar-refractivity contribution >= 4 is 11.6 Å². The molecular weight excluding hydrogens is 408 g/mol. The quantitative estimate of drug-likeness (QED) is 0.234. The molecule has 0 aliphatic heterocycles. The fourth-order valence-corrected chi connectivity index (χ4v) is 4.74. The van der Waals surface area contributed by atoms with Crippen molar-refractivity contribution in [2.45, 2.75) is 84.5 Å². The Morgan fingerprint density at radius 3 is 2.12 bits per heavy atom. The van der Waals surface area contributed by atoms with Gasteiger partial charge in [0.25, 0.3) is 0 Å². The summed E-state index contributed by atoms with van der Waals surface area (Å²) < 4.78 is 5.88. The lowest BCUT2D eigenvalue weighted by Gasteiger charge is -2.25. The second-order valence-corrected chi connectivity index (χ2v) is 9.56. The molecule has 2 atom stereocenters. The molecule has 2 aromatic rings. The lowest BCUT2D eigenvalue weighted by molar-refractivity contribution is -0.135. The van der Waals surface area contributed by atoms with Gasteiger partial charge in [0.05, 0.1) is 12.5 Å². The molecule has 0 heterocycles. The summed E-state index contributed by atoms with van der Waals surface area (Å²) in [4.78, 5) is 25.1. The van der Waals surface area contributed by atoms with Crippen LogP contribution in [-0.4, -0.2) is 18.2 Å². The molecule has 1 saturated carbocycles. The Kier molecular flexibility index (Phi) is 10.2. The Morgan fingerprint density at radius 1 is 0.848 bits per heavy atom. The van der Waals surface area contributed by atoms with Gasteiger partial charge in [0.2, 0.25) is 0 Å². The topological polar surface area (TPSA) is 43.4 Å². The summed E-state index contributed by atoms with van der Waals surface area (Å²) in [6.07, 6.45) is 11.3. The minimum atomic E-state index is -0.392. The van der Waals surface area contributed by atoms with E-state index in [1.165, 1.54) is 32.1 Å². The summed E-state index contributed by atoms with van der Waals surface area (Å²) in [7, 11) is 0. The SMILES string of the molecule is CCCCCCCCOc1ccc(-c2ccc(CC(=O)C3CCC(CC)CC3=O)cc2)cc1. The predicted molar refractivity (Wildman–Crippen MR) is 136 cm³/mol. The first-order valence-electron chi connectivity index (χ1n) is 13.0. The summed E-state index contributed by atoms with van der Waals surface area (Å²) in [5.74, 6) is 1.21. The lowest BCUT2D eigenvalue weighted by atomic mass is 9.77. The first-order valence-corrected chi connectivity index (χ1v) is 13.0. The second-order valence-electron chi connectivity index (χ2n) is 9.56. The van der Waals surface area contributed by atoms with Crippen molar-refractivity contribution in [3.63, 3.8) is 0 Å². The molecule has 0 spiro atoms. The van der Waals surface area contributed by atoms with Gasteiger partial charge in [0.1, 0.15) is 17.3 Å². The summed E-state index contributed by atoms with van der Waals surface area (Å²) in [5.41, 5.74) is 3.23. The minimum Gasteiger partial charge on any atom is -0.494 e. The van der Waals surface area contributed by atoms with Crippen LogP contribution in [0.5, 0.6) is 5.75 Å². The van der Waals surface area contributed by atoms with Crippen molar-refractivity contribution in [3.8, 4) is 16.9 Å². The highest BCUT2D eigenvalue weighted by Crippen LogP contribution is 2.30. The van der Waals surface area contributed by atoms with Gasteiger partial charge in [-0.2, -0.15) is 0 Å². The van der Waals surface area contributed by atoms with Gasteiger partial charge >= 0.3 is 0 Å². The van der Waals surface area contributed by atoms with E-state index in [0.29, 0.717) is 18.8 Å². The zero-order valence-electron chi connectivity index (χ0n) is 20.5. The maximum atomic E-state index is 12.7. The highest BCUT2D eigenvalue weighted by molar-refractivity contribution is 6.03. The van der Waals surface area contributed by atoms with Crippen LogP contribution in [0, 0.1) is 11.8 Å². The maximum Gasteiger partial charge on any atom is 0.147 e. The normalized spacial score (nSPS) is 18.3. The van der Waals surface area contributed by atoms with Crippen molar-refractivity contribution in [3.05, 3.63) is 54.1 Å². The minimum absolute atomic E-state index is 0.0779. The Balaban J connectivity index is 1.46. The zero-order valence-corrected chi connectivity index (χ0v) is 20.5. The van der Waals surface area contributed by atoms with Gasteiger partial charge in [-0.15, -0.1) is 0 Å². The van der Waals surface area contributed by atoms with Crippen LogP contribution in [0.15, 0.2) is 48.5 Å². The molecule has 3 heteroatoms. The van der Waals surface area contributed by atoms with Gasteiger partial charge in [-0.1, -0.05) is 88.8 Å². The number of hydrogen-bond acceptors (Lipinski definition) is 3. The van der Waals surface area contributed by atoms with E-state index in [-0.39, 0.29) is 11.6 Å². The molecule has 1 aliphatic carbocycles. The monoisotopic (exact) mass is 448 g/mol. The van der Waals surface area contributed by atoms with Crippen molar-refractivity contribution in [1.82, 2.24) is 0 Å². The molecule has 0 saturated heterocycles. The first kappa shape index (κ1) is 25.2. The van der Waals surface area contributed by atoms with Gasteiger partial charge in [-0.3, -0.25) is 9.59 Å². The van der Waals surface area contributed by atoms with Crippen LogP contribution in [0.1, 0.15) is 83.6 Å². The van der Waals surface area contributed by atoms with E-state index in [2.05, 4.69) is 38.1 Å². The van der Waals surface area contributed by atoms with E-state index in [1.54, 1.807) is 0 Å². The largest absolute Gasteiger partial charge is 0.494 e. The molecule has 178 valence electrons. The van der Waals surface area contributed by atoms with Crippen molar-refractivity contribution in [2.75, 3.05) is 6.61 Å². The van der Waals surface area contributed by atoms with Crippen molar-refractivity contribution < 1.29 is 14.3 Å². The van der Waals surface area contributed by atoms with Crippen LogP contribution in [-0.2, 0) is 16.0 Å². The molecule has 2 unspecified atom stereocenters. The molecule has 0 N–H and O–H groups in total. The average molecular weight is 449 g/mol. The number of unbranched alkanes of at least 4 members (excludes halogenated alkanes) is 5. The summed E-state index contributed by atoms with van der Waals surface area (Å²) in [5, 5.41) is 0. The van der Waals surface area contributed by atoms with Crippen LogP contribution in [0.3, 0.4) is 0 Å². The number of hydrogen-bond donors (Lipinski definition) is 0. The third-order valence-corrected chi connectivity index (χ3v) is 6.99. The highest BCUT2D eigenvalue weighted by atomic mass is 16.5. The fraction of sp³-hybridized carbons (Fsp3) is 0.533. The molecule has 33 heavy (non-hydrogen) atoms. The molecule has 1 aliphatic rings. The number of carbonyl (C=O) groups is 2. The molecule has 0 radical (unpaired) electrons. The molecule has 0 bridgehead atoms. The smallest absolute Gasteiger partial charge is 0.147 e. The Morgan fingerprint density at radius 2 is 1.48 bits per heavy atom. The van der Waals surface area contributed by atoms with Crippen LogP contribution >= 0.6 is 0 Å². The number of Topliss-reactive ketones (excluding diaryl/α,β-unsaturated/α-hetero) is 2. The van der Waals surface area contributed by atoms with Gasteiger partial charge in [-0.25, -0.2) is 0 Å². The van der Waals surface area contributed by atoms with Gasteiger partial charge in [0, 0.05) is 12.8 Å². The Labute approximate surface area is 199 Å². The Bertz CT molecular complexity index is 866. The number of ketones is 2. The molecular formula is C30H40O3. The zero-order chi connectivity index (χ0) is 23.5. The van der Waals surface area contributed by atoms with E-state index >= 15 is 0 Å². The van der Waals surface area contributed by atoms with Gasteiger partial charge in [0.15, 0.2) is 0 Å². The third-order valence-electron chi connectivity index (χ3n) is 6.99. The molecule has 2 aromatic carbocycles. The van der Waals surface area contributed by atoms with E-state index in [9.17, 15) is 9.59 Å². The van der Waals surface area contributed by atoms with Crippen LogP contribution in [0.2, 0.25) is 0 Å². The van der Waals surface area contributed by atoms with Crippen LogP contribution in [0.4, 0.5) is 0 Å². The average Bonchev–Trinajstić information content (AvgIpc) is 2.84. The second kappa shape index (κ2) is 13.3. The molecule has 3 rings (SSSR count). The van der Waals surface area contributed by atoms with Gasteiger partial charge < -0.3 is 4.74 Å². The first-order chi connectivity index (χ1) is 16.1. The predicted octanol–water partition coefficient (Wildman–Crippen LogP) is 7.60. The summed E-state index contributed by atoms with van der Waals surface area (Å²) in [6.45, 7) is 5.14. The standard InChI is InChI=1S/C30H40O3/c1-3-5-6-7-8-9-20-33-27-17-15-26(16-18-27)25-13-10-24(11-14-25)22-30(32)28-19-12-23(4-2)21-29(28)31/h10-11,13-18,23,28H,3-9,12,19-22H2,1-2H3. The van der Waals surface area contributed by atoms with E-state index < -0.39 is 5.92 Å². The number of benzene rings is 2. The van der Waals surface area contributed by atoms with Crippen molar-refractivity contribution in [1.29, 1.82) is 0 Å². The van der Waals surface area contributed by atoms with Crippen LogP contribution < -0.4 is 4.74 Å². The maximum absolute atomic E-state index is 12.7.